The van der Waals surface area contributed by atoms with Crippen LogP contribution in [-0.4, -0.2) is 136 Å². The van der Waals surface area contributed by atoms with E-state index >= 15 is 0 Å². The van der Waals surface area contributed by atoms with Gasteiger partial charge in [-0.2, -0.15) is 0 Å². The van der Waals surface area contributed by atoms with E-state index in [4.69, 9.17) is 68.4 Å². The first kappa shape index (κ1) is 71.1. The number of hydrogen-bond donors (Lipinski definition) is 0. The van der Waals surface area contributed by atoms with Crippen molar-refractivity contribution >= 4 is 29.3 Å². The fourth-order valence-corrected chi connectivity index (χ4v) is 12.7. The number of nitrogens with zero attached hydrogens (tertiary/aromatic N) is 3. The van der Waals surface area contributed by atoms with Gasteiger partial charge in [0.25, 0.3) is 17.7 Å². The van der Waals surface area contributed by atoms with Gasteiger partial charge in [0.15, 0.2) is 34.5 Å². The van der Waals surface area contributed by atoms with Gasteiger partial charge in [0.05, 0.1) is 92.7 Å². The third kappa shape index (κ3) is 16.6. The van der Waals surface area contributed by atoms with Gasteiger partial charge >= 0.3 is 0 Å². The van der Waals surface area contributed by atoms with E-state index in [0.717, 1.165) is 74.6 Å². The van der Waals surface area contributed by atoms with Crippen LogP contribution >= 0.6 is 11.6 Å². The summed E-state index contributed by atoms with van der Waals surface area (Å²) >= 11 is 6.35. The number of amides is 3. The molecule has 0 N–H and O–H groups in total. The Labute approximate surface area is 584 Å². The fraction of sp³-hybridized carbons (Fsp3) is 0.287. The van der Waals surface area contributed by atoms with Gasteiger partial charge < -0.3 is 71.5 Å². The first-order valence-corrected chi connectivity index (χ1v) is 32.9. The normalized spacial score (nSPS) is 14.9. The molecule has 19 heteroatoms. The molecule has 3 heterocycles. The summed E-state index contributed by atoms with van der Waals surface area (Å²) in [5.74, 6) is 8.15. The van der Waals surface area contributed by atoms with Crippen LogP contribution in [0.25, 0.3) is 0 Å². The quantitative estimate of drug-likeness (QED) is 0.0665. The van der Waals surface area contributed by atoms with Gasteiger partial charge in [0.1, 0.15) is 54.3 Å². The zero-order chi connectivity index (χ0) is 70.1. The van der Waals surface area contributed by atoms with Crippen molar-refractivity contribution in [3.05, 3.63) is 248 Å². The highest BCUT2D eigenvalue weighted by Gasteiger charge is 2.37. The topological polar surface area (TPSA) is 172 Å². The number of benzene rings is 9. The number of aryl methyl sites for hydroxylation is 2. The van der Waals surface area contributed by atoms with Gasteiger partial charge in [-0.1, -0.05) is 59.6 Å². The molecule has 9 aromatic carbocycles. The molecule has 9 aromatic rings. The predicted octanol–water partition coefficient (Wildman–Crippen LogP) is 14.9. The summed E-state index contributed by atoms with van der Waals surface area (Å²) < 4.78 is 67.2. The Morgan fingerprint density at radius 1 is 0.354 bits per heavy atom. The third-order valence-corrected chi connectivity index (χ3v) is 18.3. The SMILES string of the molecule is COc1ccc(OCC2c3cc(OC)c(OC)cc3CCN2C(=O)c2ccc(C)cc2)cc1.COc1ccc(OCC2c3cc(OC)c(OC)cc3CCN2C(=O)c2ccccc2C)cc1.COc1ccc(OCC2c3cc(OC)c(OC)cc3CCN2C(=O)c2ccccc2Cl)cc1. The zero-order valence-corrected chi connectivity index (χ0v) is 58.5. The van der Waals surface area contributed by atoms with Gasteiger partial charge in [-0.15, -0.1) is 0 Å². The number of halogens is 1. The van der Waals surface area contributed by atoms with Crippen molar-refractivity contribution in [3.63, 3.8) is 0 Å². The molecule has 516 valence electrons. The van der Waals surface area contributed by atoms with Gasteiger partial charge in [0.2, 0.25) is 0 Å². The summed E-state index contributed by atoms with van der Waals surface area (Å²) in [4.78, 5) is 46.3. The molecule has 0 bridgehead atoms. The largest absolute Gasteiger partial charge is 0.497 e. The van der Waals surface area contributed by atoms with Crippen molar-refractivity contribution in [2.24, 2.45) is 0 Å². The number of hydrogen-bond acceptors (Lipinski definition) is 15. The number of rotatable bonds is 21. The standard InChI is InChI=1S/2C27H29NO5.C26H26ClNO5/c1-18-5-7-19(8-6-18)27(29)28-14-13-20-15-25(31-3)26(32-4)16-23(20)24(28)17-33-22-11-9-21(30-2)10-12-22;1-18-7-5-6-8-22(18)27(29)28-14-13-19-15-25(31-3)26(32-4)16-23(19)24(28)17-33-21-11-9-20(30-2)10-12-21;1-30-18-8-10-19(11-9-18)33-16-23-21-15-25(32-3)24(31-2)14-17(21)12-13-28(23)26(29)20-6-4-5-7-22(20)27/h2*5-12,15-16,24H,13-14,17H2,1-4H3;4-11,14-15,23H,12-13,16H2,1-3H3. The Kier molecular flexibility index (Phi) is 24.0. The molecule has 3 aliphatic heterocycles. The molecule has 3 atom stereocenters. The van der Waals surface area contributed by atoms with Crippen LogP contribution in [-0.2, 0) is 19.3 Å². The number of carbonyl (C=O) groups is 3. The molecule has 0 aliphatic carbocycles. The Bertz CT molecular complexity index is 4050. The van der Waals surface area contributed by atoms with Crippen LogP contribution < -0.4 is 56.8 Å². The van der Waals surface area contributed by atoms with Crippen LogP contribution in [0.3, 0.4) is 0 Å². The molecule has 3 unspecified atom stereocenters. The maximum absolute atomic E-state index is 13.6. The van der Waals surface area contributed by atoms with E-state index in [1.165, 1.54) is 0 Å². The molecule has 0 saturated heterocycles. The van der Waals surface area contributed by atoms with Crippen molar-refractivity contribution in [2.45, 2.75) is 51.2 Å². The van der Waals surface area contributed by atoms with E-state index in [9.17, 15) is 14.4 Å². The molecule has 3 aliphatic rings. The maximum atomic E-state index is 13.6. The van der Waals surface area contributed by atoms with E-state index in [2.05, 4.69) is 0 Å². The highest BCUT2D eigenvalue weighted by Crippen LogP contribution is 2.43. The second kappa shape index (κ2) is 33.5. The Balaban J connectivity index is 0.000000161. The van der Waals surface area contributed by atoms with Crippen LogP contribution in [0.2, 0.25) is 5.02 Å². The zero-order valence-electron chi connectivity index (χ0n) is 57.8. The van der Waals surface area contributed by atoms with Crippen LogP contribution in [0, 0.1) is 13.8 Å². The lowest BCUT2D eigenvalue weighted by Crippen LogP contribution is -2.42. The first-order valence-electron chi connectivity index (χ1n) is 32.5. The van der Waals surface area contributed by atoms with Crippen molar-refractivity contribution in [2.75, 3.05) is 103 Å². The van der Waals surface area contributed by atoms with E-state index in [0.29, 0.717) is 113 Å². The highest BCUT2D eigenvalue weighted by molar-refractivity contribution is 6.33. The highest BCUT2D eigenvalue weighted by atomic mass is 35.5. The molecule has 0 radical (unpaired) electrons. The molecule has 12 rings (SSSR count). The molecule has 3 amide bonds. The molecular formula is C80H84ClN3O15. The summed E-state index contributed by atoms with van der Waals surface area (Å²) in [7, 11) is 14.6. The van der Waals surface area contributed by atoms with E-state index in [1.807, 2.05) is 198 Å². The molecule has 0 aromatic heterocycles. The van der Waals surface area contributed by atoms with Gasteiger partial charge in [-0.25, -0.2) is 0 Å². The van der Waals surface area contributed by atoms with Crippen molar-refractivity contribution < 1.29 is 71.2 Å². The van der Waals surface area contributed by atoms with Crippen molar-refractivity contribution in [3.8, 4) is 69.0 Å². The lowest BCUT2D eigenvalue weighted by Gasteiger charge is -2.38. The van der Waals surface area contributed by atoms with Crippen molar-refractivity contribution in [1.29, 1.82) is 0 Å². The van der Waals surface area contributed by atoms with Crippen LogP contribution in [0.4, 0.5) is 0 Å². The van der Waals surface area contributed by atoms with Crippen LogP contribution in [0.1, 0.15) is 93.7 Å². The van der Waals surface area contributed by atoms with Gasteiger partial charge in [0, 0.05) is 30.8 Å². The Morgan fingerprint density at radius 2 is 0.657 bits per heavy atom. The maximum Gasteiger partial charge on any atom is 0.256 e. The summed E-state index contributed by atoms with van der Waals surface area (Å²) in [5.41, 5.74) is 10.2. The minimum absolute atomic E-state index is 0.00290. The number of carbonyl (C=O) groups excluding carboxylic acids is 3. The summed E-state index contributed by atoms with van der Waals surface area (Å²) in [6.07, 6.45) is 2.14. The van der Waals surface area contributed by atoms with E-state index in [1.54, 1.807) is 76.1 Å². The minimum atomic E-state index is -0.334. The Morgan fingerprint density at radius 3 is 0.990 bits per heavy atom. The number of fused-ring (bicyclic) bond motifs is 3. The molecule has 0 saturated carbocycles. The van der Waals surface area contributed by atoms with E-state index < -0.39 is 0 Å². The van der Waals surface area contributed by atoms with Gasteiger partial charge in [-0.3, -0.25) is 14.4 Å². The molecule has 99 heavy (non-hydrogen) atoms. The lowest BCUT2D eigenvalue weighted by molar-refractivity contribution is 0.0583. The van der Waals surface area contributed by atoms with Crippen LogP contribution in [0.5, 0.6) is 69.0 Å². The average Bonchev–Trinajstić information content (AvgIpc) is 0.784. The fourth-order valence-electron chi connectivity index (χ4n) is 12.5. The second-order valence-corrected chi connectivity index (χ2v) is 24.0. The van der Waals surface area contributed by atoms with Crippen molar-refractivity contribution in [1.82, 2.24) is 14.7 Å². The first-order chi connectivity index (χ1) is 48.1. The second-order valence-electron chi connectivity index (χ2n) is 23.6. The monoisotopic (exact) mass is 1360 g/mol. The number of ether oxygens (including phenoxy) is 12. The summed E-state index contributed by atoms with van der Waals surface area (Å²) in [6.45, 7) is 6.57. The lowest BCUT2D eigenvalue weighted by atomic mass is 9.91. The minimum Gasteiger partial charge on any atom is -0.497 e. The number of methoxy groups -OCH3 is 9. The summed E-state index contributed by atoms with van der Waals surface area (Å²) in [5, 5.41) is 0.426. The summed E-state index contributed by atoms with van der Waals surface area (Å²) in [6, 6.07) is 55.7. The molecule has 0 fully saturated rings. The van der Waals surface area contributed by atoms with E-state index in [-0.39, 0.29) is 42.5 Å². The third-order valence-electron chi connectivity index (χ3n) is 18.0. The van der Waals surface area contributed by atoms with Gasteiger partial charge in [-0.05, 0) is 212 Å². The van der Waals surface area contributed by atoms with Crippen LogP contribution in [0.15, 0.2) is 182 Å². The predicted molar refractivity (Wildman–Crippen MR) is 380 cm³/mol. The Hall–Kier alpha value is -10.7. The smallest absolute Gasteiger partial charge is 0.256 e. The molecule has 0 spiro atoms. The average molecular weight is 1360 g/mol. The molecular weight excluding hydrogens is 1280 g/mol. The molecule has 18 nitrogen and oxygen atoms in total.